The van der Waals surface area contributed by atoms with Crippen molar-refractivity contribution >= 4 is 33.4 Å². The van der Waals surface area contributed by atoms with E-state index in [9.17, 15) is 0 Å². The van der Waals surface area contributed by atoms with Gasteiger partial charge in [0.05, 0.1) is 22.5 Å². The number of rotatable bonds is 2. The second-order valence-electron chi connectivity index (χ2n) is 3.22. The molecule has 88 valence electrons. The predicted molar refractivity (Wildman–Crippen MR) is 68.8 cm³/mol. The SMILES string of the molecule is N/C(=N/O)c1c(Br)cccc1-n1cc(Cl)cn1. The van der Waals surface area contributed by atoms with Gasteiger partial charge in [-0.15, -0.1) is 0 Å². The third-order valence-corrected chi connectivity index (χ3v) is 3.01. The average molecular weight is 316 g/mol. The smallest absolute Gasteiger partial charge is 0.173 e. The van der Waals surface area contributed by atoms with E-state index in [1.165, 1.54) is 6.20 Å². The third kappa shape index (κ3) is 2.27. The monoisotopic (exact) mass is 314 g/mol. The number of hydrogen-bond acceptors (Lipinski definition) is 3. The molecular weight excluding hydrogens is 307 g/mol. The number of oxime groups is 1. The van der Waals surface area contributed by atoms with Crippen LogP contribution < -0.4 is 5.73 Å². The van der Waals surface area contributed by atoms with Gasteiger partial charge in [-0.3, -0.25) is 0 Å². The molecule has 0 aliphatic rings. The van der Waals surface area contributed by atoms with Crippen LogP contribution in [-0.2, 0) is 0 Å². The molecule has 2 aromatic rings. The Kier molecular flexibility index (Phi) is 3.35. The molecule has 1 aromatic heterocycles. The van der Waals surface area contributed by atoms with E-state index in [-0.39, 0.29) is 5.84 Å². The van der Waals surface area contributed by atoms with Crippen LogP contribution in [-0.4, -0.2) is 20.8 Å². The molecule has 0 aliphatic heterocycles. The summed E-state index contributed by atoms with van der Waals surface area (Å²) < 4.78 is 2.26. The van der Waals surface area contributed by atoms with Crippen molar-refractivity contribution in [3.63, 3.8) is 0 Å². The first-order valence-corrected chi connectivity index (χ1v) is 5.77. The van der Waals surface area contributed by atoms with Crippen LogP contribution in [0, 0.1) is 0 Å². The maximum atomic E-state index is 8.78. The Morgan fingerprint density at radius 3 is 2.88 bits per heavy atom. The Hall–Kier alpha value is -1.53. The van der Waals surface area contributed by atoms with Crippen LogP contribution in [0.25, 0.3) is 5.69 Å². The van der Waals surface area contributed by atoms with E-state index in [1.807, 2.05) is 6.07 Å². The van der Waals surface area contributed by atoms with Crippen LogP contribution in [0.5, 0.6) is 0 Å². The van der Waals surface area contributed by atoms with Crippen molar-refractivity contribution in [1.29, 1.82) is 0 Å². The molecule has 0 bridgehead atoms. The highest BCUT2D eigenvalue weighted by Crippen LogP contribution is 2.24. The highest BCUT2D eigenvalue weighted by Gasteiger charge is 2.13. The first-order chi connectivity index (χ1) is 8.13. The summed E-state index contributed by atoms with van der Waals surface area (Å²) in [6.07, 6.45) is 3.15. The number of nitrogens with zero attached hydrogens (tertiary/aromatic N) is 3. The Labute approximate surface area is 111 Å². The molecule has 2 rings (SSSR count). The van der Waals surface area contributed by atoms with Gasteiger partial charge in [-0.1, -0.05) is 22.8 Å². The molecule has 0 saturated heterocycles. The van der Waals surface area contributed by atoms with Crippen molar-refractivity contribution < 1.29 is 5.21 Å². The molecule has 7 heteroatoms. The zero-order valence-corrected chi connectivity index (χ0v) is 10.9. The Morgan fingerprint density at radius 2 is 2.29 bits per heavy atom. The molecule has 3 N–H and O–H groups in total. The summed E-state index contributed by atoms with van der Waals surface area (Å²) in [7, 11) is 0. The van der Waals surface area contributed by atoms with Gasteiger partial charge in [0.1, 0.15) is 0 Å². The van der Waals surface area contributed by atoms with Crippen molar-refractivity contribution in [2.45, 2.75) is 0 Å². The first-order valence-electron chi connectivity index (χ1n) is 4.60. The first kappa shape index (κ1) is 11.9. The molecule has 0 unspecified atom stereocenters. The fraction of sp³-hybridized carbons (Fsp3) is 0. The number of hydrogen-bond donors (Lipinski definition) is 2. The molecular formula is C10H8BrClN4O. The van der Waals surface area contributed by atoms with Gasteiger partial charge in [0.15, 0.2) is 5.84 Å². The van der Waals surface area contributed by atoms with Crippen molar-refractivity contribution in [2.75, 3.05) is 0 Å². The van der Waals surface area contributed by atoms with E-state index < -0.39 is 0 Å². The molecule has 0 radical (unpaired) electrons. The number of aromatic nitrogens is 2. The molecule has 17 heavy (non-hydrogen) atoms. The van der Waals surface area contributed by atoms with Crippen molar-refractivity contribution in [3.05, 3.63) is 45.7 Å². The minimum atomic E-state index is -0.000836. The topological polar surface area (TPSA) is 76.4 Å². The van der Waals surface area contributed by atoms with E-state index in [2.05, 4.69) is 26.2 Å². The van der Waals surface area contributed by atoms with Crippen LogP contribution in [0.3, 0.4) is 0 Å². The molecule has 0 atom stereocenters. The lowest BCUT2D eigenvalue weighted by Gasteiger charge is -2.09. The molecule has 0 saturated carbocycles. The summed E-state index contributed by atoms with van der Waals surface area (Å²) in [5, 5.41) is 16.4. The highest BCUT2D eigenvalue weighted by atomic mass is 79.9. The second-order valence-corrected chi connectivity index (χ2v) is 4.51. The van der Waals surface area contributed by atoms with Crippen LogP contribution in [0.4, 0.5) is 0 Å². The van der Waals surface area contributed by atoms with Crippen LogP contribution in [0.2, 0.25) is 5.02 Å². The minimum absolute atomic E-state index is 0.000836. The summed E-state index contributed by atoms with van der Waals surface area (Å²) in [5.41, 5.74) is 6.85. The lowest BCUT2D eigenvalue weighted by molar-refractivity contribution is 0.318. The van der Waals surface area contributed by atoms with E-state index in [1.54, 1.807) is 23.0 Å². The Balaban J connectivity index is 2.66. The quantitative estimate of drug-likeness (QED) is 0.387. The van der Waals surface area contributed by atoms with Crippen LogP contribution in [0.15, 0.2) is 40.2 Å². The molecule has 5 nitrogen and oxygen atoms in total. The summed E-state index contributed by atoms with van der Waals surface area (Å²) in [5.74, 6) is -0.000836. The summed E-state index contributed by atoms with van der Waals surface area (Å²) in [6.45, 7) is 0. The Bertz CT molecular complexity index is 581. The average Bonchev–Trinajstić information content (AvgIpc) is 2.74. The molecule has 0 aliphatic carbocycles. The normalized spacial score (nSPS) is 11.8. The van der Waals surface area contributed by atoms with Crippen LogP contribution in [0.1, 0.15) is 5.56 Å². The minimum Gasteiger partial charge on any atom is -0.409 e. The third-order valence-electron chi connectivity index (χ3n) is 2.15. The van der Waals surface area contributed by atoms with Crippen molar-refractivity contribution in [3.8, 4) is 5.69 Å². The second kappa shape index (κ2) is 4.77. The summed E-state index contributed by atoms with van der Waals surface area (Å²) >= 11 is 9.16. The lowest BCUT2D eigenvalue weighted by atomic mass is 10.1. The predicted octanol–water partition coefficient (Wildman–Crippen LogP) is 2.38. The van der Waals surface area contributed by atoms with Crippen molar-refractivity contribution in [1.82, 2.24) is 9.78 Å². The molecule has 1 heterocycles. The molecule has 0 amide bonds. The van der Waals surface area contributed by atoms with E-state index in [0.29, 0.717) is 20.7 Å². The number of nitrogens with two attached hydrogens (primary N) is 1. The van der Waals surface area contributed by atoms with E-state index in [0.717, 1.165) is 0 Å². The standard InChI is InChI=1S/C10H8BrClN4O/c11-7-2-1-3-8(9(7)10(13)15-17)16-5-6(12)4-14-16/h1-5,17H,(H2,13,15). The molecule has 0 fully saturated rings. The number of amidine groups is 1. The zero-order chi connectivity index (χ0) is 12.4. The number of halogens is 2. The largest absolute Gasteiger partial charge is 0.409 e. The van der Waals surface area contributed by atoms with E-state index >= 15 is 0 Å². The van der Waals surface area contributed by atoms with Gasteiger partial charge >= 0.3 is 0 Å². The summed E-state index contributed by atoms with van der Waals surface area (Å²) in [4.78, 5) is 0. The Morgan fingerprint density at radius 1 is 1.53 bits per heavy atom. The molecule has 1 aromatic carbocycles. The maximum Gasteiger partial charge on any atom is 0.173 e. The van der Waals surface area contributed by atoms with Gasteiger partial charge in [0.25, 0.3) is 0 Å². The van der Waals surface area contributed by atoms with E-state index in [4.69, 9.17) is 22.5 Å². The summed E-state index contributed by atoms with van der Waals surface area (Å²) in [6, 6.07) is 5.41. The van der Waals surface area contributed by atoms with Gasteiger partial charge in [0, 0.05) is 10.7 Å². The number of benzene rings is 1. The van der Waals surface area contributed by atoms with Gasteiger partial charge in [-0.25, -0.2) is 4.68 Å². The lowest BCUT2D eigenvalue weighted by Crippen LogP contribution is -2.17. The van der Waals surface area contributed by atoms with Gasteiger partial charge < -0.3 is 10.9 Å². The van der Waals surface area contributed by atoms with Gasteiger partial charge in [-0.05, 0) is 28.1 Å². The van der Waals surface area contributed by atoms with Crippen LogP contribution >= 0.6 is 27.5 Å². The maximum absolute atomic E-state index is 8.78. The zero-order valence-electron chi connectivity index (χ0n) is 8.51. The van der Waals surface area contributed by atoms with Gasteiger partial charge in [-0.2, -0.15) is 5.10 Å². The van der Waals surface area contributed by atoms with Crippen molar-refractivity contribution in [2.24, 2.45) is 10.9 Å². The highest BCUT2D eigenvalue weighted by molar-refractivity contribution is 9.10. The molecule has 0 spiro atoms. The fourth-order valence-corrected chi connectivity index (χ4v) is 2.13. The van der Waals surface area contributed by atoms with Gasteiger partial charge in [0.2, 0.25) is 0 Å². The fourth-order valence-electron chi connectivity index (χ4n) is 1.44.